The number of amides is 1. The van der Waals surface area contributed by atoms with Crippen molar-refractivity contribution in [2.45, 2.75) is 25.8 Å². The number of carbonyl (C=O) groups is 2. The Balaban J connectivity index is 1.88. The molecule has 2 N–H and O–H groups in total. The highest BCUT2D eigenvalue weighted by atomic mass is 16.3. The highest BCUT2D eigenvalue weighted by molar-refractivity contribution is 6.46. The number of para-hydroxylation sites is 1. The number of nitrogens with one attached hydrogen (secondary N) is 1. The minimum atomic E-state index is -0.638. The number of hydrogen-bond donors (Lipinski definition) is 2. The normalized spacial score (nSPS) is 18.2. The first-order valence-corrected chi connectivity index (χ1v) is 10.6. The molecular weight excluding hydrogens is 390 g/mol. The van der Waals surface area contributed by atoms with Crippen LogP contribution in [0.4, 0.5) is 5.69 Å². The molecule has 1 unspecified atom stereocenters. The summed E-state index contributed by atoms with van der Waals surface area (Å²) in [6, 6.07) is 14.7. The van der Waals surface area contributed by atoms with Gasteiger partial charge in [0.25, 0.3) is 11.7 Å². The number of aliphatic hydroxyl groups excluding tert-OH is 1. The number of unbranched alkanes of at least 4 members (excludes halogenated alkanes) is 1. The van der Waals surface area contributed by atoms with Crippen molar-refractivity contribution in [3.63, 3.8) is 0 Å². The van der Waals surface area contributed by atoms with Crippen molar-refractivity contribution in [3.8, 4) is 0 Å². The van der Waals surface area contributed by atoms with Gasteiger partial charge in [-0.1, -0.05) is 43.7 Å². The molecule has 1 aliphatic heterocycles. The lowest BCUT2D eigenvalue weighted by Gasteiger charge is -2.25. The average Bonchev–Trinajstić information content (AvgIpc) is 3.31. The number of fused-ring (bicyclic) bond motifs is 1. The summed E-state index contributed by atoms with van der Waals surface area (Å²) < 4.78 is 0. The molecule has 1 aliphatic rings. The van der Waals surface area contributed by atoms with Crippen LogP contribution in [0.5, 0.6) is 0 Å². The molecule has 1 aromatic heterocycles. The Morgan fingerprint density at radius 3 is 2.48 bits per heavy atom. The van der Waals surface area contributed by atoms with E-state index in [4.69, 9.17) is 0 Å². The van der Waals surface area contributed by atoms with Gasteiger partial charge in [0, 0.05) is 49.0 Å². The minimum absolute atomic E-state index is 0.142. The standard InChI is InChI=1S/C25H27N3O3/c1-4-5-14-28-22(16-10-12-17(13-11-16)27(2)3)21(24(30)25(28)31)23(29)19-15-26-20-9-7-6-8-18(19)20/h6-13,15,22,26,29H,4-5,14H2,1-3H3/b23-21-. The molecule has 2 aromatic carbocycles. The molecule has 0 spiro atoms. The lowest BCUT2D eigenvalue weighted by Crippen LogP contribution is -2.30. The Labute approximate surface area is 181 Å². The SMILES string of the molecule is CCCCN1C(=O)C(=O)/C(=C(\O)c2c[nH]c3ccccc23)C1c1ccc(N(C)C)cc1. The van der Waals surface area contributed by atoms with Gasteiger partial charge in [-0.25, -0.2) is 0 Å². The van der Waals surface area contributed by atoms with Gasteiger partial charge < -0.3 is 19.9 Å². The number of hydrogen-bond acceptors (Lipinski definition) is 4. The third-order valence-electron chi connectivity index (χ3n) is 5.86. The summed E-state index contributed by atoms with van der Waals surface area (Å²) >= 11 is 0. The monoisotopic (exact) mass is 417 g/mol. The molecule has 1 atom stereocenters. The van der Waals surface area contributed by atoms with E-state index in [1.54, 1.807) is 11.1 Å². The Bertz CT molecular complexity index is 1160. The molecule has 0 aliphatic carbocycles. The maximum atomic E-state index is 13.1. The van der Waals surface area contributed by atoms with Crippen molar-refractivity contribution in [1.29, 1.82) is 0 Å². The van der Waals surface area contributed by atoms with E-state index in [0.717, 1.165) is 35.0 Å². The van der Waals surface area contributed by atoms with Crippen LogP contribution in [0.25, 0.3) is 16.7 Å². The zero-order chi connectivity index (χ0) is 22.1. The zero-order valence-electron chi connectivity index (χ0n) is 18.1. The number of aliphatic hydroxyl groups is 1. The number of rotatable bonds is 6. The van der Waals surface area contributed by atoms with Crippen molar-refractivity contribution in [2.75, 3.05) is 25.5 Å². The van der Waals surface area contributed by atoms with Gasteiger partial charge in [0.2, 0.25) is 0 Å². The molecule has 0 bridgehead atoms. The summed E-state index contributed by atoms with van der Waals surface area (Å²) in [5.74, 6) is -1.34. The molecule has 160 valence electrons. The number of likely N-dealkylation sites (tertiary alicyclic amines) is 1. The molecular formula is C25H27N3O3. The first kappa shape index (κ1) is 20.7. The van der Waals surface area contributed by atoms with E-state index in [-0.39, 0.29) is 11.3 Å². The summed E-state index contributed by atoms with van der Waals surface area (Å²) in [6.45, 7) is 2.51. The molecule has 3 aromatic rings. The molecule has 1 saturated heterocycles. The molecule has 6 heteroatoms. The zero-order valence-corrected chi connectivity index (χ0v) is 18.1. The van der Waals surface area contributed by atoms with Crippen LogP contribution in [0, 0.1) is 0 Å². The Hall–Kier alpha value is -3.54. The summed E-state index contributed by atoms with van der Waals surface area (Å²) in [6.07, 6.45) is 3.37. The number of ketones is 1. The molecule has 0 saturated carbocycles. The van der Waals surface area contributed by atoms with E-state index in [1.165, 1.54) is 0 Å². The Morgan fingerprint density at radius 2 is 1.81 bits per heavy atom. The van der Waals surface area contributed by atoms with E-state index >= 15 is 0 Å². The van der Waals surface area contributed by atoms with Gasteiger partial charge in [-0.3, -0.25) is 9.59 Å². The number of anilines is 1. The van der Waals surface area contributed by atoms with Crippen LogP contribution in [0.2, 0.25) is 0 Å². The highest BCUT2D eigenvalue weighted by Gasteiger charge is 2.45. The van der Waals surface area contributed by atoms with Gasteiger partial charge >= 0.3 is 0 Å². The molecule has 1 amide bonds. The van der Waals surface area contributed by atoms with Crippen LogP contribution in [-0.4, -0.2) is 47.3 Å². The molecule has 4 rings (SSSR count). The van der Waals surface area contributed by atoms with Crippen molar-refractivity contribution in [3.05, 3.63) is 71.4 Å². The van der Waals surface area contributed by atoms with Crippen LogP contribution < -0.4 is 4.90 Å². The van der Waals surface area contributed by atoms with Gasteiger partial charge in [-0.2, -0.15) is 0 Å². The van der Waals surface area contributed by atoms with E-state index in [2.05, 4.69) is 4.98 Å². The molecule has 0 radical (unpaired) electrons. The number of H-pyrrole nitrogens is 1. The van der Waals surface area contributed by atoms with Crippen LogP contribution in [-0.2, 0) is 9.59 Å². The fraction of sp³-hybridized carbons (Fsp3) is 0.280. The van der Waals surface area contributed by atoms with E-state index in [1.807, 2.05) is 74.4 Å². The van der Waals surface area contributed by atoms with Crippen molar-refractivity contribution < 1.29 is 14.7 Å². The summed E-state index contributed by atoms with van der Waals surface area (Å²) in [4.78, 5) is 32.7. The van der Waals surface area contributed by atoms with Gasteiger partial charge in [0.15, 0.2) is 0 Å². The number of aromatic amines is 1. The van der Waals surface area contributed by atoms with Gasteiger partial charge in [-0.05, 0) is 30.2 Å². The number of Topliss-reactive ketones (excluding diaryl/α,β-unsaturated/α-hetero) is 1. The van der Waals surface area contributed by atoms with Gasteiger partial charge in [0.1, 0.15) is 5.76 Å². The van der Waals surface area contributed by atoms with Crippen LogP contribution in [0.1, 0.15) is 36.9 Å². The van der Waals surface area contributed by atoms with Gasteiger partial charge in [0.05, 0.1) is 11.6 Å². The predicted octanol–water partition coefficient (Wildman–Crippen LogP) is 4.46. The van der Waals surface area contributed by atoms with Crippen molar-refractivity contribution in [2.24, 2.45) is 0 Å². The maximum absolute atomic E-state index is 13.1. The first-order valence-electron chi connectivity index (χ1n) is 10.6. The fourth-order valence-corrected chi connectivity index (χ4v) is 4.15. The molecule has 6 nitrogen and oxygen atoms in total. The van der Waals surface area contributed by atoms with Crippen LogP contribution >= 0.6 is 0 Å². The average molecular weight is 418 g/mol. The highest BCUT2D eigenvalue weighted by Crippen LogP contribution is 2.41. The Kier molecular flexibility index (Phi) is 5.55. The number of benzene rings is 2. The molecule has 1 fully saturated rings. The number of aromatic nitrogens is 1. The first-order chi connectivity index (χ1) is 14.9. The second-order valence-corrected chi connectivity index (χ2v) is 8.08. The van der Waals surface area contributed by atoms with Gasteiger partial charge in [-0.15, -0.1) is 0 Å². The number of carbonyl (C=O) groups excluding carboxylic acids is 2. The number of nitrogens with zero attached hydrogens (tertiary/aromatic N) is 2. The van der Waals surface area contributed by atoms with E-state index in [9.17, 15) is 14.7 Å². The summed E-state index contributed by atoms with van der Waals surface area (Å²) in [5, 5.41) is 12.1. The topological polar surface area (TPSA) is 76.6 Å². The second kappa shape index (κ2) is 8.30. The van der Waals surface area contributed by atoms with E-state index < -0.39 is 17.7 Å². The second-order valence-electron chi connectivity index (χ2n) is 8.08. The smallest absolute Gasteiger partial charge is 0.295 e. The van der Waals surface area contributed by atoms with Crippen molar-refractivity contribution in [1.82, 2.24) is 9.88 Å². The minimum Gasteiger partial charge on any atom is -0.507 e. The summed E-state index contributed by atoms with van der Waals surface area (Å²) in [5.41, 5.74) is 3.35. The van der Waals surface area contributed by atoms with Crippen LogP contribution in [0.15, 0.2) is 60.3 Å². The third-order valence-corrected chi connectivity index (χ3v) is 5.86. The molecule has 2 heterocycles. The molecule has 31 heavy (non-hydrogen) atoms. The largest absolute Gasteiger partial charge is 0.507 e. The quantitative estimate of drug-likeness (QED) is 0.353. The van der Waals surface area contributed by atoms with Crippen molar-refractivity contribution >= 4 is 34.0 Å². The predicted molar refractivity (Wildman–Crippen MR) is 123 cm³/mol. The van der Waals surface area contributed by atoms with E-state index in [0.29, 0.717) is 12.1 Å². The summed E-state index contributed by atoms with van der Waals surface area (Å²) in [7, 11) is 3.92. The fourth-order valence-electron chi connectivity index (χ4n) is 4.15. The lowest BCUT2D eigenvalue weighted by molar-refractivity contribution is -0.139. The Morgan fingerprint density at radius 1 is 1.10 bits per heavy atom. The van der Waals surface area contributed by atoms with Crippen LogP contribution in [0.3, 0.4) is 0 Å². The maximum Gasteiger partial charge on any atom is 0.295 e. The third kappa shape index (κ3) is 3.58. The lowest BCUT2D eigenvalue weighted by atomic mass is 9.95.